The number of nitrogens with one attached hydrogen (secondary N) is 1. The van der Waals surface area contributed by atoms with Crippen molar-refractivity contribution >= 4 is 11.8 Å². The minimum absolute atomic E-state index is 0.0303. The van der Waals surface area contributed by atoms with Crippen molar-refractivity contribution in [2.45, 2.75) is 64.3 Å². The lowest BCUT2D eigenvalue weighted by Crippen LogP contribution is -2.52. The first-order chi connectivity index (χ1) is 10.9. The summed E-state index contributed by atoms with van der Waals surface area (Å²) in [5.41, 5.74) is 0. The van der Waals surface area contributed by atoms with Crippen molar-refractivity contribution in [3.05, 3.63) is 0 Å². The van der Waals surface area contributed by atoms with Crippen LogP contribution in [0.25, 0.3) is 0 Å². The Morgan fingerprint density at radius 1 is 1.26 bits per heavy atom. The number of hydrogen-bond acceptors (Lipinski definition) is 4. The van der Waals surface area contributed by atoms with Crippen LogP contribution in [-0.4, -0.2) is 72.1 Å². The van der Waals surface area contributed by atoms with E-state index in [0.29, 0.717) is 25.6 Å². The van der Waals surface area contributed by atoms with Crippen LogP contribution in [0.4, 0.5) is 0 Å². The number of likely N-dealkylation sites (tertiary alicyclic amines) is 1. The standard InChI is InChI=1S/C17H29N3O3/c1-11(19-8-12(2)23-13(3)9-19)7-18-17(22)14-6-16(21)20(10-14)15-4-5-15/h11-15H,4-10H2,1-3H3,(H,18,22)/t11-,12-,13+,14-/m1/s1. The van der Waals surface area contributed by atoms with Gasteiger partial charge in [0.2, 0.25) is 11.8 Å². The van der Waals surface area contributed by atoms with Gasteiger partial charge in [-0.15, -0.1) is 0 Å². The fraction of sp³-hybridized carbons (Fsp3) is 0.882. The van der Waals surface area contributed by atoms with Gasteiger partial charge in [-0.25, -0.2) is 0 Å². The van der Waals surface area contributed by atoms with Crippen LogP contribution in [-0.2, 0) is 14.3 Å². The molecule has 6 heteroatoms. The molecule has 6 nitrogen and oxygen atoms in total. The summed E-state index contributed by atoms with van der Waals surface area (Å²) in [5.74, 6) is 0.0112. The highest BCUT2D eigenvalue weighted by Crippen LogP contribution is 2.32. The van der Waals surface area contributed by atoms with E-state index in [0.717, 1.165) is 25.9 Å². The third-order valence-electron chi connectivity index (χ3n) is 5.16. The third kappa shape index (κ3) is 4.04. The van der Waals surface area contributed by atoms with Crippen LogP contribution >= 0.6 is 0 Å². The fourth-order valence-corrected chi connectivity index (χ4v) is 3.75. The highest BCUT2D eigenvalue weighted by molar-refractivity contribution is 5.89. The van der Waals surface area contributed by atoms with Gasteiger partial charge < -0.3 is 15.0 Å². The molecule has 3 aliphatic rings. The first-order valence-corrected chi connectivity index (χ1v) is 8.90. The Morgan fingerprint density at radius 3 is 2.52 bits per heavy atom. The zero-order valence-corrected chi connectivity index (χ0v) is 14.5. The highest BCUT2D eigenvalue weighted by Gasteiger charge is 2.41. The Kier molecular flexibility index (Phi) is 4.92. The second-order valence-electron chi connectivity index (χ2n) is 7.48. The van der Waals surface area contributed by atoms with Crippen molar-refractivity contribution < 1.29 is 14.3 Å². The topological polar surface area (TPSA) is 61.9 Å². The molecule has 130 valence electrons. The smallest absolute Gasteiger partial charge is 0.225 e. The lowest BCUT2D eigenvalue weighted by atomic mass is 10.1. The van der Waals surface area contributed by atoms with Gasteiger partial charge in [-0.2, -0.15) is 0 Å². The van der Waals surface area contributed by atoms with E-state index in [9.17, 15) is 9.59 Å². The highest BCUT2D eigenvalue weighted by atomic mass is 16.5. The molecule has 1 saturated carbocycles. The van der Waals surface area contributed by atoms with Gasteiger partial charge in [0.25, 0.3) is 0 Å². The van der Waals surface area contributed by atoms with E-state index in [1.54, 1.807) is 0 Å². The number of hydrogen-bond donors (Lipinski definition) is 1. The summed E-state index contributed by atoms with van der Waals surface area (Å²) in [7, 11) is 0. The molecule has 23 heavy (non-hydrogen) atoms. The zero-order chi connectivity index (χ0) is 16.6. The maximum Gasteiger partial charge on any atom is 0.225 e. The molecule has 0 aromatic rings. The third-order valence-corrected chi connectivity index (χ3v) is 5.16. The second kappa shape index (κ2) is 6.77. The summed E-state index contributed by atoms with van der Waals surface area (Å²) >= 11 is 0. The first kappa shape index (κ1) is 16.7. The molecule has 2 heterocycles. The van der Waals surface area contributed by atoms with E-state index >= 15 is 0 Å². The van der Waals surface area contributed by atoms with Gasteiger partial charge in [0.05, 0.1) is 18.1 Å². The molecule has 1 N–H and O–H groups in total. The Balaban J connectivity index is 1.44. The van der Waals surface area contributed by atoms with Crippen LogP contribution in [0.2, 0.25) is 0 Å². The molecule has 0 spiro atoms. The van der Waals surface area contributed by atoms with Crippen LogP contribution in [0.15, 0.2) is 0 Å². The Labute approximate surface area is 138 Å². The average Bonchev–Trinajstić information content (AvgIpc) is 3.26. The molecule has 2 amide bonds. The van der Waals surface area contributed by atoms with Gasteiger partial charge in [-0.1, -0.05) is 0 Å². The fourth-order valence-electron chi connectivity index (χ4n) is 3.75. The Morgan fingerprint density at radius 2 is 1.91 bits per heavy atom. The molecule has 3 fully saturated rings. The van der Waals surface area contributed by atoms with E-state index < -0.39 is 0 Å². The minimum atomic E-state index is -0.169. The molecule has 2 aliphatic heterocycles. The minimum Gasteiger partial charge on any atom is -0.373 e. The zero-order valence-electron chi connectivity index (χ0n) is 14.5. The molecule has 0 aromatic carbocycles. The molecule has 3 rings (SSSR count). The monoisotopic (exact) mass is 323 g/mol. The molecule has 0 aromatic heterocycles. The predicted octanol–water partition coefficient (Wildman–Crippen LogP) is 0.611. The summed E-state index contributed by atoms with van der Waals surface area (Å²) in [6, 6.07) is 0.694. The van der Waals surface area contributed by atoms with Gasteiger partial charge in [0.15, 0.2) is 0 Å². The van der Waals surface area contributed by atoms with Gasteiger partial charge in [0, 0.05) is 44.7 Å². The molecular formula is C17H29N3O3. The van der Waals surface area contributed by atoms with E-state index in [4.69, 9.17) is 4.74 Å². The number of ether oxygens (including phenoxy) is 1. The van der Waals surface area contributed by atoms with E-state index in [-0.39, 0.29) is 36.0 Å². The van der Waals surface area contributed by atoms with Gasteiger partial charge in [-0.05, 0) is 33.6 Å². The van der Waals surface area contributed by atoms with E-state index in [2.05, 4.69) is 31.0 Å². The normalized spacial score (nSPS) is 33.8. The van der Waals surface area contributed by atoms with E-state index in [1.165, 1.54) is 0 Å². The van der Waals surface area contributed by atoms with Crippen molar-refractivity contribution in [3.63, 3.8) is 0 Å². The van der Waals surface area contributed by atoms with Crippen LogP contribution in [0.1, 0.15) is 40.0 Å². The van der Waals surface area contributed by atoms with Crippen LogP contribution in [0.3, 0.4) is 0 Å². The van der Waals surface area contributed by atoms with Gasteiger partial charge in [0.1, 0.15) is 0 Å². The number of carbonyl (C=O) groups excluding carboxylic acids is 2. The molecular weight excluding hydrogens is 294 g/mol. The molecule has 0 unspecified atom stereocenters. The second-order valence-corrected chi connectivity index (χ2v) is 7.48. The predicted molar refractivity (Wildman–Crippen MR) is 86.9 cm³/mol. The summed E-state index contributed by atoms with van der Waals surface area (Å²) in [5, 5.41) is 3.05. The molecule has 1 aliphatic carbocycles. The number of nitrogens with zero attached hydrogens (tertiary/aromatic N) is 2. The Bertz CT molecular complexity index is 456. The summed E-state index contributed by atoms with van der Waals surface area (Å²) in [4.78, 5) is 28.6. The largest absolute Gasteiger partial charge is 0.373 e. The van der Waals surface area contributed by atoms with Crippen molar-refractivity contribution in [3.8, 4) is 0 Å². The van der Waals surface area contributed by atoms with Crippen molar-refractivity contribution in [2.24, 2.45) is 5.92 Å². The SMILES string of the molecule is C[C@@H]1CN([C@H](C)CNC(=O)[C@@H]2CC(=O)N(C3CC3)C2)C[C@H](C)O1. The summed E-state index contributed by atoms with van der Waals surface area (Å²) < 4.78 is 5.75. The van der Waals surface area contributed by atoms with Crippen molar-refractivity contribution in [2.75, 3.05) is 26.2 Å². The molecule has 0 radical (unpaired) electrons. The maximum atomic E-state index is 12.4. The lowest BCUT2D eigenvalue weighted by molar-refractivity contribution is -0.129. The molecule has 4 atom stereocenters. The van der Waals surface area contributed by atoms with Crippen LogP contribution in [0.5, 0.6) is 0 Å². The molecule has 2 saturated heterocycles. The van der Waals surface area contributed by atoms with Gasteiger partial charge >= 0.3 is 0 Å². The van der Waals surface area contributed by atoms with Crippen LogP contribution < -0.4 is 5.32 Å². The quantitative estimate of drug-likeness (QED) is 0.805. The maximum absolute atomic E-state index is 12.4. The number of amides is 2. The van der Waals surface area contributed by atoms with E-state index in [1.807, 2.05) is 4.90 Å². The van der Waals surface area contributed by atoms with Crippen molar-refractivity contribution in [1.82, 2.24) is 15.1 Å². The lowest BCUT2D eigenvalue weighted by Gasteiger charge is -2.39. The average molecular weight is 323 g/mol. The number of carbonyl (C=O) groups is 2. The summed E-state index contributed by atoms with van der Waals surface area (Å²) in [6.45, 7) is 9.36. The first-order valence-electron chi connectivity index (χ1n) is 8.90. The Hall–Kier alpha value is -1.14. The van der Waals surface area contributed by atoms with Crippen molar-refractivity contribution in [1.29, 1.82) is 0 Å². The van der Waals surface area contributed by atoms with Crippen LogP contribution in [0, 0.1) is 5.92 Å². The number of rotatable bonds is 5. The summed E-state index contributed by atoms with van der Waals surface area (Å²) in [6.07, 6.45) is 3.05. The molecule has 0 bridgehead atoms. The number of morpholine rings is 1. The van der Waals surface area contributed by atoms with Gasteiger partial charge in [-0.3, -0.25) is 14.5 Å².